The van der Waals surface area contributed by atoms with Crippen molar-refractivity contribution in [1.82, 2.24) is 5.32 Å². The molecular formula is C36H38N4O6. The van der Waals surface area contributed by atoms with E-state index < -0.39 is 12.1 Å². The van der Waals surface area contributed by atoms with Crippen LogP contribution in [-0.4, -0.2) is 59.6 Å². The van der Waals surface area contributed by atoms with E-state index in [1.165, 1.54) is 20.3 Å². The molecule has 1 fully saturated rings. The van der Waals surface area contributed by atoms with Crippen molar-refractivity contribution in [3.05, 3.63) is 104 Å². The van der Waals surface area contributed by atoms with Crippen molar-refractivity contribution in [2.24, 2.45) is 26.8 Å². The van der Waals surface area contributed by atoms with Gasteiger partial charge in [-0.05, 0) is 75.1 Å². The van der Waals surface area contributed by atoms with Gasteiger partial charge >= 0.3 is 11.9 Å². The molecule has 0 spiro atoms. The molecule has 8 bridgehead atoms. The summed E-state index contributed by atoms with van der Waals surface area (Å²) in [6.07, 6.45) is 9.11. The molecule has 0 aromatic rings. The number of nitrogens with zero attached hydrogens (tertiary/aromatic N) is 3. The van der Waals surface area contributed by atoms with Crippen LogP contribution in [0, 0.1) is 11.8 Å². The number of hydrogen-bond donors (Lipinski definition) is 3. The van der Waals surface area contributed by atoms with Gasteiger partial charge in [0.15, 0.2) is 0 Å². The lowest BCUT2D eigenvalue weighted by Gasteiger charge is -2.17. The van der Waals surface area contributed by atoms with Crippen molar-refractivity contribution in [3.63, 3.8) is 0 Å². The fraction of sp³-hybridized carbons (Fsp3) is 0.361. The number of nitrogens with one attached hydrogen (secondary N) is 1. The maximum Gasteiger partial charge on any atom is 0.330 e. The first-order valence-corrected chi connectivity index (χ1v) is 15.4. The molecule has 3 unspecified atom stereocenters. The molecule has 5 aliphatic heterocycles. The second-order valence-corrected chi connectivity index (χ2v) is 12.3. The lowest BCUT2D eigenvalue weighted by atomic mass is 9.86. The number of fused-ring (bicyclic) bond motifs is 5. The number of aliphatic hydroxyl groups is 2. The molecule has 238 valence electrons. The van der Waals surface area contributed by atoms with Crippen LogP contribution in [-0.2, 0) is 19.1 Å². The quantitative estimate of drug-likeness (QED) is 0.269. The van der Waals surface area contributed by atoms with Crippen LogP contribution in [0.2, 0.25) is 0 Å². The van der Waals surface area contributed by atoms with Gasteiger partial charge in [-0.1, -0.05) is 6.92 Å². The third-order valence-corrected chi connectivity index (χ3v) is 9.56. The first-order valence-electron chi connectivity index (χ1n) is 15.4. The van der Waals surface area contributed by atoms with Crippen LogP contribution >= 0.6 is 0 Å². The molecule has 0 amide bonds. The number of carbonyl (C=O) groups is 2. The number of carbonyl (C=O) groups excluding carboxylic acids is 2. The first-order chi connectivity index (χ1) is 21.9. The Hall–Kier alpha value is -4.83. The van der Waals surface area contributed by atoms with E-state index in [0.717, 1.165) is 45.0 Å². The van der Waals surface area contributed by atoms with E-state index in [0.29, 0.717) is 52.5 Å². The van der Waals surface area contributed by atoms with Gasteiger partial charge in [0.2, 0.25) is 0 Å². The Bertz CT molecular complexity index is 1870. The van der Waals surface area contributed by atoms with Gasteiger partial charge in [-0.25, -0.2) is 19.8 Å². The number of hydrogen-bond acceptors (Lipinski definition) is 10. The molecule has 6 rings (SSSR count). The van der Waals surface area contributed by atoms with Crippen molar-refractivity contribution < 1.29 is 29.3 Å². The van der Waals surface area contributed by atoms with Crippen molar-refractivity contribution in [2.75, 3.05) is 14.2 Å². The van der Waals surface area contributed by atoms with E-state index in [1.807, 2.05) is 39.0 Å². The van der Waals surface area contributed by atoms with Gasteiger partial charge in [0.05, 0.1) is 54.5 Å². The second kappa shape index (κ2) is 11.8. The largest absolute Gasteiger partial charge is 0.511 e. The lowest BCUT2D eigenvalue weighted by Crippen LogP contribution is -2.16. The second-order valence-electron chi connectivity index (χ2n) is 12.3. The van der Waals surface area contributed by atoms with Crippen LogP contribution in [0.4, 0.5) is 0 Å². The zero-order chi connectivity index (χ0) is 33.0. The zero-order valence-electron chi connectivity index (χ0n) is 27.1. The van der Waals surface area contributed by atoms with E-state index in [1.54, 1.807) is 13.0 Å². The number of allylic oxidation sites excluding steroid dienone is 11. The molecule has 1 aliphatic carbocycles. The summed E-state index contributed by atoms with van der Waals surface area (Å²) >= 11 is 0. The number of esters is 2. The van der Waals surface area contributed by atoms with Crippen LogP contribution in [0.3, 0.4) is 0 Å². The Morgan fingerprint density at radius 2 is 1.74 bits per heavy atom. The van der Waals surface area contributed by atoms with Gasteiger partial charge in [-0.15, -0.1) is 0 Å². The highest BCUT2D eigenvalue weighted by Gasteiger charge is 2.41. The van der Waals surface area contributed by atoms with E-state index >= 15 is 0 Å². The summed E-state index contributed by atoms with van der Waals surface area (Å²) in [5.74, 6) is -0.591. The highest BCUT2D eigenvalue weighted by Crippen LogP contribution is 2.46. The fourth-order valence-electron chi connectivity index (χ4n) is 6.98. The maximum atomic E-state index is 12.2. The van der Waals surface area contributed by atoms with Gasteiger partial charge in [0.25, 0.3) is 0 Å². The van der Waals surface area contributed by atoms with Crippen molar-refractivity contribution in [2.45, 2.75) is 60.0 Å². The van der Waals surface area contributed by atoms with Gasteiger partial charge < -0.3 is 25.0 Å². The molecule has 0 aromatic heterocycles. The van der Waals surface area contributed by atoms with Crippen LogP contribution in [0.25, 0.3) is 0 Å². The first kappa shape index (κ1) is 31.2. The maximum absolute atomic E-state index is 12.2. The number of rotatable bonds is 6. The molecule has 3 atom stereocenters. The Balaban J connectivity index is 1.60. The summed E-state index contributed by atoms with van der Waals surface area (Å²) in [7, 11) is 2.72. The Morgan fingerprint density at radius 1 is 1.02 bits per heavy atom. The third kappa shape index (κ3) is 5.16. The molecule has 6 aliphatic rings. The van der Waals surface area contributed by atoms with Crippen LogP contribution in [0.1, 0.15) is 53.9 Å². The third-order valence-electron chi connectivity index (χ3n) is 9.56. The monoisotopic (exact) mass is 622 g/mol. The van der Waals surface area contributed by atoms with Crippen molar-refractivity contribution in [3.8, 4) is 0 Å². The van der Waals surface area contributed by atoms with Gasteiger partial charge in [-0.3, -0.25) is 4.79 Å². The molecule has 10 nitrogen and oxygen atoms in total. The predicted octanol–water partition coefficient (Wildman–Crippen LogP) is 5.31. The van der Waals surface area contributed by atoms with E-state index in [2.05, 4.69) is 12.2 Å². The standard InChI is InChI=1S/C36H38N4O6/c1-16-21(8-10-31(43)45-6)28-14-27-19(4)34-30(42)12-23(36(34)40-27)35-22(9-11-32(44)46-7)17(2)25(39-35)13-26-18(3)33(20(5)41)29(38-26)15-24(16)37-28/h8,10,13-15,17,20,22,39,41-42H,9,11-12H2,1-7H3/b10-8+,25-13?,28-14?,29-15?,35-23?. The molecule has 0 aromatic carbocycles. The van der Waals surface area contributed by atoms with Crippen molar-refractivity contribution >= 4 is 29.1 Å². The van der Waals surface area contributed by atoms with Crippen LogP contribution in [0.15, 0.2) is 119 Å². The molecule has 5 heterocycles. The number of aliphatic hydroxyl groups excluding tert-OH is 2. The summed E-state index contributed by atoms with van der Waals surface area (Å²) < 4.78 is 9.80. The van der Waals surface area contributed by atoms with E-state index in [4.69, 9.17) is 24.5 Å². The number of ether oxygens (including phenoxy) is 2. The van der Waals surface area contributed by atoms with Crippen LogP contribution in [0.5, 0.6) is 0 Å². The van der Waals surface area contributed by atoms with E-state index in [9.17, 15) is 19.8 Å². The molecular weight excluding hydrogens is 584 g/mol. The lowest BCUT2D eigenvalue weighted by molar-refractivity contribution is -0.141. The summed E-state index contributed by atoms with van der Waals surface area (Å²) in [6, 6.07) is 0. The molecule has 10 heteroatoms. The highest BCUT2D eigenvalue weighted by molar-refractivity contribution is 6.21. The molecule has 0 radical (unpaired) electrons. The smallest absolute Gasteiger partial charge is 0.330 e. The van der Waals surface area contributed by atoms with Crippen LogP contribution < -0.4 is 5.32 Å². The summed E-state index contributed by atoms with van der Waals surface area (Å²) in [5.41, 5.74) is 11.3. The molecule has 0 saturated carbocycles. The Kier molecular flexibility index (Phi) is 8.02. The average Bonchev–Trinajstić information content (AvgIpc) is 3.77. The highest BCUT2D eigenvalue weighted by atomic mass is 16.5. The molecule has 46 heavy (non-hydrogen) atoms. The molecule has 1 saturated heterocycles. The summed E-state index contributed by atoms with van der Waals surface area (Å²) in [6.45, 7) is 9.64. The summed E-state index contributed by atoms with van der Waals surface area (Å²) in [5, 5.41) is 25.8. The number of aliphatic imine (C=N–C) groups is 3. The topological polar surface area (TPSA) is 142 Å². The summed E-state index contributed by atoms with van der Waals surface area (Å²) in [4.78, 5) is 39.3. The van der Waals surface area contributed by atoms with Gasteiger partial charge in [-0.2, -0.15) is 0 Å². The Labute approximate surface area is 268 Å². The average molecular weight is 623 g/mol. The van der Waals surface area contributed by atoms with E-state index in [-0.39, 0.29) is 30.0 Å². The fourth-order valence-corrected chi connectivity index (χ4v) is 6.98. The van der Waals surface area contributed by atoms with Crippen molar-refractivity contribution in [1.29, 1.82) is 0 Å². The predicted molar refractivity (Wildman–Crippen MR) is 176 cm³/mol. The normalized spacial score (nSPS) is 24.3. The minimum Gasteiger partial charge on any atom is -0.511 e. The zero-order valence-corrected chi connectivity index (χ0v) is 27.1. The molecule has 3 N–H and O–H groups in total. The van der Waals surface area contributed by atoms with Gasteiger partial charge in [0.1, 0.15) is 5.76 Å². The minimum atomic E-state index is -0.780. The SMILES string of the molecule is COC(=O)/C=C/C1=C(C)C2=NC1=CC1=C(C)C3=C(O)CC(=C4NC(=CC5=NC(=C2)C(C(C)O)=C5C)C(C)C4CCC(=O)OC)C3=N1. The van der Waals surface area contributed by atoms with Gasteiger partial charge in [0, 0.05) is 64.4 Å². The number of methoxy groups -OCH3 is 2. The Morgan fingerprint density at radius 3 is 2.43 bits per heavy atom. The minimum absolute atomic E-state index is 0.0000637.